The molecule has 1 N–H and O–H groups in total. The number of carbonyl (C=O) groups is 1. The Morgan fingerprint density at radius 3 is 2.48 bits per heavy atom. The van der Waals surface area contributed by atoms with Gasteiger partial charge >= 0.3 is 5.97 Å². The van der Waals surface area contributed by atoms with E-state index >= 15 is 0 Å². The number of aromatic nitrogens is 1. The molecule has 0 bridgehead atoms. The second-order valence-electron chi connectivity index (χ2n) is 6.07. The van der Waals surface area contributed by atoms with Gasteiger partial charge in [0.25, 0.3) is 15.6 Å². The third-order valence-electron chi connectivity index (χ3n) is 4.12. The van der Waals surface area contributed by atoms with E-state index < -0.39 is 16.0 Å². The number of anilines is 1. The molecular formula is C20H17ClN2O5S. The minimum absolute atomic E-state index is 0.0908. The molecule has 150 valence electrons. The predicted molar refractivity (Wildman–Crippen MR) is 110 cm³/mol. The smallest absolute Gasteiger partial charge is 0.339 e. The lowest BCUT2D eigenvalue weighted by atomic mass is 10.2. The summed E-state index contributed by atoms with van der Waals surface area (Å²) in [5.41, 5.74) is 0.471. The Labute approximate surface area is 172 Å². The van der Waals surface area contributed by atoms with Gasteiger partial charge in [-0.25, -0.2) is 13.2 Å². The molecule has 0 spiro atoms. The van der Waals surface area contributed by atoms with Gasteiger partial charge in [0, 0.05) is 17.3 Å². The Balaban J connectivity index is 1.94. The highest BCUT2D eigenvalue weighted by atomic mass is 35.5. The molecule has 0 saturated heterocycles. The van der Waals surface area contributed by atoms with Crippen LogP contribution in [0.15, 0.2) is 76.6 Å². The van der Waals surface area contributed by atoms with Crippen molar-refractivity contribution in [2.45, 2.75) is 11.4 Å². The van der Waals surface area contributed by atoms with Crippen LogP contribution in [0.25, 0.3) is 0 Å². The number of esters is 1. The van der Waals surface area contributed by atoms with Crippen LogP contribution in [0.5, 0.6) is 0 Å². The van der Waals surface area contributed by atoms with E-state index in [2.05, 4.69) is 9.46 Å². The maximum Gasteiger partial charge on any atom is 0.339 e. The second kappa shape index (κ2) is 8.50. The first-order valence-electron chi connectivity index (χ1n) is 8.46. The summed E-state index contributed by atoms with van der Waals surface area (Å²) in [7, 11) is -2.93. The topological polar surface area (TPSA) is 94.5 Å². The number of methoxy groups -OCH3 is 1. The Hall–Kier alpha value is -3.10. The number of pyridine rings is 1. The molecule has 0 aliphatic carbocycles. The Morgan fingerprint density at radius 1 is 1.07 bits per heavy atom. The van der Waals surface area contributed by atoms with Crippen LogP contribution in [-0.2, 0) is 21.3 Å². The van der Waals surface area contributed by atoms with Crippen molar-refractivity contribution in [3.8, 4) is 0 Å². The van der Waals surface area contributed by atoms with Crippen LogP contribution < -0.4 is 10.3 Å². The molecule has 7 nitrogen and oxygen atoms in total. The maximum atomic E-state index is 12.8. The number of benzene rings is 2. The summed E-state index contributed by atoms with van der Waals surface area (Å²) in [5.74, 6) is -0.769. The van der Waals surface area contributed by atoms with Gasteiger partial charge in [-0.2, -0.15) is 0 Å². The quantitative estimate of drug-likeness (QED) is 0.604. The predicted octanol–water partition coefficient (Wildman–Crippen LogP) is 3.14. The third kappa shape index (κ3) is 4.67. The lowest BCUT2D eigenvalue weighted by molar-refractivity contribution is 0.0596. The number of hydrogen-bond acceptors (Lipinski definition) is 5. The van der Waals surface area contributed by atoms with Gasteiger partial charge in [0.1, 0.15) is 4.90 Å². The summed E-state index contributed by atoms with van der Waals surface area (Å²) in [6.07, 6.45) is 1.38. The highest BCUT2D eigenvalue weighted by molar-refractivity contribution is 7.92. The molecule has 9 heteroatoms. The lowest BCUT2D eigenvalue weighted by Crippen LogP contribution is -2.22. The average Bonchev–Trinajstić information content (AvgIpc) is 2.71. The van der Waals surface area contributed by atoms with Crippen molar-refractivity contribution in [1.82, 2.24) is 4.57 Å². The average molecular weight is 433 g/mol. The standard InChI is InChI=1S/C20H17ClN2O5S/c1-28-20(25)16-7-3-5-9-18(16)29(26,27)22-15-10-11-19(24)23(13-15)12-14-6-2-4-8-17(14)21/h2-11,13,22H,12H2,1H3. The largest absolute Gasteiger partial charge is 0.465 e. The molecular weight excluding hydrogens is 416 g/mol. The lowest BCUT2D eigenvalue weighted by Gasteiger charge is -2.13. The zero-order valence-corrected chi connectivity index (χ0v) is 16.9. The van der Waals surface area contributed by atoms with E-state index in [0.29, 0.717) is 10.6 Å². The first-order chi connectivity index (χ1) is 13.8. The SMILES string of the molecule is COC(=O)c1ccccc1S(=O)(=O)Nc1ccc(=O)n(Cc2ccccc2Cl)c1. The van der Waals surface area contributed by atoms with Gasteiger partial charge in [0.2, 0.25) is 0 Å². The molecule has 0 unspecified atom stereocenters. The molecule has 0 fully saturated rings. The molecule has 1 aromatic heterocycles. The third-order valence-corrected chi connectivity index (χ3v) is 5.92. The Morgan fingerprint density at radius 2 is 1.76 bits per heavy atom. The van der Waals surface area contributed by atoms with Gasteiger partial charge < -0.3 is 9.30 Å². The summed E-state index contributed by atoms with van der Waals surface area (Å²) >= 11 is 6.14. The minimum Gasteiger partial charge on any atom is -0.465 e. The number of carbonyl (C=O) groups excluding carboxylic acids is 1. The monoisotopic (exact) mass is 432 g/mol. The van der Waals surface area contributed by atoms with E-state index in [9.17, 15) is 18.0 Å². The molecule has 1 heterocycles. The summed E-state index contributed by atoms with van der Waals surface area (Å²) in [4.78, 5) is 23.9. The van der Waals surface area contributed by atoms with E-state index in [1.54, 1.807) is 24.3 Å². The van der Waals surface area contributed by atoms with Crippen LogP contribution in [0.2, 0.25) is 5.02 Å². The first-order valence-corrected chi connectivity index (χ1v) is 10.3. The maximum absolute atomic E-state index is 12.8. The number of sulfonamides is 1. The zero-order valence-electron chi connectivity index (χ0n) is 15.3. The van der Waals surface area contributed by atoms with E-state index in [-0.39, 0.29) is 28.3 Å². The van der Waals surface area contributed by atoms with Crippen molar-refractivity contribution in [1.29, 1.82) is 0 Å². The van der Waals surface area contributed by atoms with Gasteiger partial charge in [-0.15, -0.1) is 0 Å². The fourth-order valence-corrected chi connectivity index (χ4v) is 4.15. The van der Waals surface area contributed by atoms with E-state index in [4.69, 9.17) is 11.6 Å². The highest BCUT2D eigenvalue weighted by Crippen LogP contribution is 2.21. The van der Waals surface area contributed by atoms with Crippen molar-refractivity contribution >= 4 is 33.3 Å². The van der Waals surface area contributed by atoms with E-state index in [0.717, 1.165) is 0 Å². The van der Waals surface area contributed by atoms with Gasteiger partial charge in [0.15, 0.2) is 0 Å². The number of rotatable bonds is 6. The molecule has 0 saturated carbocycles. The number of nitrogens with zero attached hydrogens (tertiary/aromatic N) is 1. The molecule has 0 atom stereocenters. The van der Waals surface area contributed by atoms with Crippen molar-refractivity contribution in [3.63, 3.8) is 0 Å². The van der Waals surface area contributed by atoms with Crippen LogP contribution >= 0.6 is 11.6 Å². The number of nitrogens with one attached hydrogen (secondary N) is 1. The summed E-state index contributed by atoms with van der Waals surface area (Å²) in [5, 5.41) is 0.498. The van der Waals surface area contributed by atoms with Gasteiger partial charge in [-0.3, -0.25) is 9.52 Å². The van der Waals surface area contributed by atoms with E-state index in [1.165, 1.54) is 54.3 Å². The van der Waals surface area contributed by atoms with Crippen LogP contribution in [0.1, 0.15) is 15.9 Å². The van der Waals surface area contributed by atoms with Crippen molar-refractivity contribution in [3.05, 3.63) is 93.4 Å². The normalized spacial score (nSPS) is 11.1. The van der Waals surface area contributed by atoms with Crippen molar-refractivity contribution in [2.24, 2.45) is 0 Å². The van der Waals surface area contributed by atoms with Gasteiger partial charge in [-0.05, 0) is 29.8 Å². The zero-order chi connectivity index (χ0) is 21.0. The molecule has 0 aliphatic rings. The molecule has 0 amide bonds. The summed E-state index contributed by atoms with van der Waals surface area (Å²) in [6, 6.07) is 15.4. The van der Waals surface area contributed by atoms with Gasteiger partial charge in [0.05, 0.1) is 24.9 Å². The van der Waals surface area contributed by atoms with E-state index in [1.807, 2.05) is 0 Å². The summed E-state index contributed by atoms with van der Waals surface area (Å²) < 4.78 is 34.0. The van der Waals surface area contributed by atoms with Crippen LogP contribution in [0, 0.1) is 0 Å². The molecule has 0 radical (unpaired) electrons. The fraction of sp³-hybridized carbons (Fsp3) is 0.100. The van der Waals surface area contributed by atoms with Crippen LogP contribution in [-0.4, -0.2) is 26.1 Å². The highest BCUT2D eigenvalue weighted by Gasteiger charge is 2.23. The first kappa shape index (κ1) is 20.6. The molecule has 29 heavy (non-hydrogen) atoms. The molecule has 0 aliphatic heterocycles. The Kier molecular flexibility index (Phi) is 6.05. The molecule has 3 aromatic rings. The second-order valence-corrected chi connectivity index (χ2v) is 8.13. The molecule has 2 aromatic carbocycles. The number of hydrogen-bond donors (Lipinski definition) is 1. The summed E-state index contributed by atoms with van der Waals surface area (Å²) in [6.45, 7) is 0.173. The van der Waals surface area contributed by atoms with Crippen molar-refractivity contribution < 1.29 is 17.9 Å². The fourth-order valence-electron chi connectivity index (χ4n) is 2.72. The van der Waals surface area contributed by atoms with Gasteiger partial charge in [-0.1, -0.05) is 41.9 Å². The van der Waals surface area contributed by atoms with Crippen LogP contribution in [0.4, 0.5) is 5.69 Å². The molecule has 3 rings (SSSR count). The minimum atomic E-state index is -4.10. The number of halogens is 1. The van der Waals surface area contributed by atoms with Crippen LogP contribution in [0.3, 0.4) is 0 Å². The Bertz CT molecular complexity index is 1220. The van der Waals surface area contributed by atoms with Crippen molar-refractivity contribution in [2.75, 3.05) is 11.8 Å². The number of ether oxygens (including phenoxy) is 1.